The van der Waals surface area contributed by atoms with E-state index in [-0.39, 0.29) is 11.6 Å². The summed E-state index contributed by atoms with van der Waals surface area (Å²) in [6.07, 6.45) is 0. The molecule has 0 amide bonds. The molecule has 0 aliphatic heterocycles. The van der Waals surface area contributed by atoms with Crippen LogP contribution < -0.4 is 10.1 Å². The molecule has 0 bridgehead atoms. The van der Waals surface area contributed by atoms with Crippen molar-refractivity contribution in [2.24, 2.45) is 0 Å². The molecule has 0 saturated heterocycles. The van der Waals surface area contributed by atoms with Crippen LogP contribution in [-0.4, -0.2) is 7.11 Å². The first-order valence-corrected chi connectivity index (χ1v) is 6.41. The van der Waals surface area contributed by atoms with E-state index in [0.29, 0.717) is 11.0 Å². The average molecular weight is 328 g/mol. The van der Waals surface area contributed by atoms with E-state index in [1.165, 1.54) is 19.2 Å². The van der Waals surface area contributed by atoms with E-state index in [9.17, 15) is 8.78 Å². The summed E-state index contributed by atoms with van der Waals surface area (Å²) in [5, 5.41) is 3.12. The van der Waals surface area contributed by atoms with Gasteiger partial charge in [0.25, 0.3) is 0 Å². The molecule has 0 unspecified atom stereocenters. The normalized spacial score (nSPS) is 10.3. The van der Waals surface area contributed by atoms with Gasteiger partial charge in [0.15, 0.2) is 11.6 Å². The fourth-order valence-electron chi connectivity index (χ4n) is 1.62. The number of nitrogens with one attached hydrogen (secondary N) is 1. The Balaban J connectivity index is 2.07. The summed E-state index contributed by atoms with van der Waals surface area (Å²) >= 11 is 3.13. The van der Waals surface area contributed by atoms with Crippen LogP contribution in [0, 0.1) is 11.6 Å². The van der Waals surface area contributed by atoms with Gasteiger partial charge in [-0.05, 0) is 45.8 Å². The zero-order valence-electron chi connectivity index (χ0n) is 10.2. The molecule has 100 valence electrons. The maximum Gasteiger partial charge on any atom is 0.165 e. The number of methoxy groups -OCH3 is 1. The van der Waals surface area contributed by atoms with Crippen LogP contribution in [0.1, 0.15) is 5.56 Å². The Morgan fingerprint density at radius 1 is 1.11 bits per heavy atom. The molecule has 5 heteroatoms. The SMILES string of the molecule is COc1cc(NCc2ccc(F)c(Br)c2)ccc1F. The molecule has 0 aliphatic carbocycles. The van der Waals surface area contributed by atoms with Crippen molar-refractivity contribution in [3.63, 3.8) is 0 Å². The molecule has 2 aromatic carbocycles. The molecule has 0 heterocycles. The van der Waals surface area contributed by atoms with E-state index < -0.39 is 5.82 Å². The lowest BCUT2D eigenvalue weighted by atomic mass is 10.2. The van der Waals surface area contributed by atoms with Gasteiger partial charge in [0.1, 0.15) is 5.82 Å². The number of rotatable bonds is 4. The van der Waals surface area contributed by atoms with E-state index >= 15 is 0 Å². The Kier molecular flexibility index (Phi) is 4.37. The molecule has 0 aliphatic rings. The molecular formula is C14H12BrF2NO. The molecule has 0 atom stereocenters. The topological polar surface area (TPSA) is 21.3 Å². The van der Waals surface area contributed by atoms with Gasteiger partial charge in [0.2, 0.25) is 0 Å². The minimum Gasteiger partial charge on any atom is -0.494 e. The number of hydrogen-bond donors (Lipinski definition) is 1. The summed E-state index contributed by atoms with van der Waals surface area (Å²) < 4.78 is 31.6. The summed E-state index contributed by atoms with van der Waals surface area (Å²) in [5.74, 6) is -0.518. The first-order chi connectivity index (χ1) is 9.10. The molecule has 0 aromatic heterocycles. The molecule has 2 nitrogen and oxygen atoms in total. The van der Waals surface area contributed by atoms with Gasteiger partial charge in [-0.15, -0.1) is 0 Å². The monoisotopic (exact) mass is 327 g/mol. The van der Waals surface area contributed by atoms with Crippen LogP contribution in [0.5, 0.6) is 5.75 Å². The molecule has 2 aromatic rings. The highest BCUT2D eigenvalue weighted by Gasteiger charge is 2.04. The van der Waals surface area contributed by atoms with Crippen molar-refractivity contribution in [2.75, 3.05) is 12.4 Å². The van der Waals surface area contributed by atoms with Crippen molar-refractivity contribution >= 4 is 21.6 Å². The van der Waals surface area contributed by atoms with E-state index in [1.807, 2.05) is 0 Å². The number of benzene rings is 2. The molecule has 0 saturated carbocycles. The van der Waals surface area contributed by atoms with Gasteiger partial charge in [-0.1, -0.05) is 6.07 Å². The molecule has 0 radical (unpaired) electrons. The van der Waals surface area contributed by atoms with Crippen LogP contribution in [0.2, 0.25) is 0 Å². The maximum atomic E-state index is 13.2. The smallest absolute Gasteiger partial charge is 0.165 e. The van der Waals surface area contributed by atoms with Gasteiger partial charge < -0.3 is 10.1 Å². The van der Waals surface area contributed by atoms with E-state index in [4.69, 9.17) is 4.74 Å². The summed E-state index contributed by atoms with van der Waals surface area (Å²) in [5.41, 5.74) is 1.65. The van der Waals surface area contributed by atoms with Crippen LogP contribution in [0.15, 0.2) is 40.9 Å². The summed E-state index contributed by atoms with van der Waals surface area (Å²) in [6, 6.07) is 9.31. The van der Waals surface area contributed by atoms with Crippen molar-refractivity contribution < 1.29 is 13.5 Å². The highest BCUT2D eigenvalue weighted by atomic mass is 79.9. The second-order valence-electron chi connectivity index (χ2n) is 3.95. The van der Waals surface area contributed by atoms with Gasteiger partial charge in [-0.3, -0.25) is 0 Å². The number of ether oxygens (including phenoxy) is 1. The van der Waals surface area contributed by atoms with Gasteiger partial charge in [-0.25, -0.2) is 8.78 Å². The Morgan fingerprint density at radius 3 is 2.53 bits per heavy atom. The molecule has 2 rings (SSSR count). The first kappa shape index (κ1) is 13.8. The van der Waals surface area contributed by atoms with E-state index in [0.717, 1.165) is 11.3 Å². The highest BCUT2D eigenvalue weighted by Crippen LogP contribution is 2.22. The van der Waals surface area contributed by atoms with Gasteiger partial charge in [-0.2, -0.15) is 0 Å². The summed E-state index contributed by atoms with van der Waals surface area (Å²) in [6.45, 7) is 0.508. The largest absolute Gasteiger partial charge is 0.494 e. The highest BCUT2D eigenvalue weighted by molar-refractivity contribution is 9.10. The predicted octanol–water partition coefficient (Wildman–Crippen LogP) is 4.35. The number of hydrogen-bond acceptors (Lipinski definition) is 2. The zero-order chi connectivity index (χ0) is 13.8. The Bertz CT molecular complexity index is 590. The summed E-state index contributed by atoms with van der Waals surface area (Å²) in [4.78, 5) is 0. The lowest BCUT2D eigenvalue weighted by Gasteiger charge is -2.09. The molecule has 1 N–H and O–H groups in total. The second kappa shape index (κ2) is 6.02. The van der Waals surface area contributed by atoms with Crippen molar-refractivity contribution in [2.45, 2.75) is 6.54 Å². The minimum atomic E-state index is -0.405. The van der Waals surface area contributed by atoms with Crippen LogP contribution in [0.3, 0.4) is 0 Å². The standard InChI is InChI=1S/C14H12BrF2NO/c1-19-14-7-10(3-5-13(14)17)18-8-9-2-4-12(16)11(15)6-9/h2-7,18H,8H2,1H3. The van der Waals surface area contributed by atoms with Gasteiger partial charge in [0, 0.05) is 18.3 Å². The van der Waals surface area contributed by atoms with Gasteiger partial charge in [0.05, 0.1) is 11.6 Å². The quantitative estimate of drug-likeness (QED) is 0.901. The van der Waals surface area contributed by atoms with E-state index in [2.05, 4.69) is 21.2 Å². The lowest BCUT2D eigenvalue weighted by molar-refractivity contribution is 0.387. The minimum absolute atomic E-state index is 0.185. The molecule has 0 fully saturated rings. The lowest BCUT2D eigenvalue weighted by Crippen LogP contribution is -2.00. The number of anilines is 1. The van der Waals surface area contributed by atoms with Crippen LogP contribution >= 0.6 is 15.9 Å². The van der Waals surface area contributed by atoms with Crippen molar-refractivity contribution in [1.82, 2.24) is 0 Å². The third-order valence-electron chi connectivity index (χ3n) is 2.63. The zero-order valence-corrected chi connectivity index (χ0v) is 11.8. The fraction of sp³-hybridized carbons (Fsp3) is 0.143. The number of halogens is 3. The van der Waals surface area contributed by atoms with E-state index in [1.54, 1.807) is 24.3 Å². The second-order valence-corrected chi connectivity index (χ2v) is 4.81. The summed E-state index contributed by atoms with van der Waals surface area (Å²) in [7, 11) is 1.42. The molecule has 0 spiro atoms. The van der Waals surface area contributed by atoms with Crippen molar-refractivity contribution in [3.05, 3.63) is 58.1 Å². The Hall–Kier alpha value is -1.62. The molecule has 19 heavy (non-hydrogen) atoms. The Morgan fingerprint density at radius 2 is 1.84 bits per heavy atom. The van der Waals surface area contributed by atoms with Crippen LogP contribution in [0.25, 0.3) is 0 Å². The fourth-order valence-corrected chi connectivity index (χ4v) is 2.05. The predicted molar refractivity (Wildman–Crippen MR) is 74.4 cm³/mol. The van der Waals surface area contributed by atoms with Crippen LogP contribution in [0.4, 0.5) is 14.5 Å². The third-order valence-corrected chi connectivity index (χ3v) is 3.24. The maximum absolute atomic E-state index is 13.2. The first-order valence-electron chi connectivity index (χ1n) is 5.61. The Labute approximate surface area is 118 Å². The molecular weight excluding hydrogens is 316 g/mol. The third kappa shape index (κ3) is 3.44. The van der Waals surface area contributed by atoms with Gasteiger partial charge >= 0.3 is 0 Å². The van der Waals surface area contributed by atoms with Crippen molar-refractivity contribution in [1.29, 1.82) is 0 Å². The average Bonchev–Trinajstić information content (AvgIpc) is 2.41. The van der Waals surface area contributed by atoms with Crippen molar-refractivity contribution in [3.8, 4) is 5.75 Å². The van der Waals surface area contributed by atoms with Crippen LogP contribution in [-0.2, 0) is 6.54 Å².